The topological polar surface area (TPSA) is 77.9 Å². The average Bonchev–Trinajstić information content (AvgIpc) is 2.79. The molecule has 1 aliphatic rings. The van der Waals surface area contributed by atoms with Crippen LogP contribution in [0.25, 0.3) is 0 Å². The number of hydrogen-bond donors (Lipinski definition) is 1. The van der Waals surface area contributed by atoms with Crippen molar-refractivity contribution in [2.24, 2.45) is 5.92 Å². The second kappa shape index (κ2) is 7.26. The molecule has 23 heavy (non-hydrogen) atoms. The number of aromatic carboxylic acids is 1. The summed E-state index contributed by atoms with van der Waals surface area (Å²) in [6.45, 7) is 5.94. The number of carboxylic acids is 1. The predicted molar refractivity (Wildman–Crippen MR) is 85.3 cm³/mol. The Balaban J connectivity index is 2.07. The lowest BCUT2D eigenvalue weighted by Gasteiger charge is -2.23. The van der Waals surface area contributed by atoms with E-state index in [1.165, 1.54) is 12.1 Å². The predicted octanol–water partition coefficient (Wildman–Crippen LogP) is 1.72. The molecular weight excluding hydrogens is 296 g/mol. The van der Waals surface area contributed by atoms with E-state index < -0.39 is 5.97 Å². The van der Waals surface area contributed by atoms with Crippen LogP contribution in [0.2, 0.25) is 0 Å². The molecular formula is C17H22N2O4. The van der Waals surface area contributed by atoms with Crippen LogP contribution >= 0.6 is 0 Å². The summed E-state index contributed by atoms with van der Waals surface area (Å²) < 4.78 is 0. The van der Waals surface area contributed by atoms with Crippen molar-refractivity contribution >= 4 is 17.8 Å². The third-order valence-corrected chi connectivity index (χ3v) is 3.95. The maximum absolute atomic E-state index is 12.6. The molecule has 124 valence electrons. The van der Waals surface area contributed by atoms with Crippen LogP contribution in [0.15, 0.2) is 24.3 Å². The van der Waals surface area contributed by atoms with Crippen LogP contribution in [0.3, 0.4) is 0 Å². The lowest BCUT2D eigenvalue weighted by molar-refractivity contribution is -0.134. The van der Waals surface area contributed by atoms with E-state index in [0.717, 1.165) is 6.42 Å². The number of hydrogen-bond acceptors (Lipinski definition) is 3. The van der Waals surface area contributed by atoms with Gasteiger partial charge in [-0.1, -0.05) is 19.9 Å². The zero-order valence-electron chi connectivity index (χ0n) is 13.5. The fraction of sp³-hybridized carbons (Fsp3) is 0.471. The van der Waals surface area contributed by atoms with Gasteiger partial charge in [-0.15, -0.1) is 0 Å². The van der Waals surface area contributed by atoms with Crippen molar-refractivity contribution in [2.75, 3.05) is 26.2 Å². The van der Waals surface area contributed by atoms with Crippen molar-refractivity contribution in [1.82, 2.24) is 9.80 Å². The molecule has 0 radical (unpaired) electrons. The van der Waals surface area contributed by atoms with Crippen molar-refractivity contribution in [3.05, 3.63) is 35.4 Å². The first-order valence-electron chi connectivity index (χ1n) is 7.81. The molecule has 2 amide bonds. The van der Waals surface area contributed by atoms with E-state index >= 15 is 0 Å². The molecule has 0 saturated carbocycles. The van der Waals surface area contributed by atoms with Crippen molar-refractivity contribution in [3.63, 3.8) is 0 Å². The van der Waals surface area contributed by atoms with Crippen LogP contribution in [0.4, 0.5) is 0 Å². The second-order valence-electron chi connectivity index (χ2n) is 6.01. The maximum Gasteiger partial charge on any atom is 0.335 e. The van der Waals surface area contributed by atoms with Crippen LogP contribution in [0, 0.1) is 5.92 Å². The Morgan fingerprint density at radius 3 is 2.26 bits per heavy atom. The maximum atomic E-state index is 12.6. The Bertz CT molecular complexity index is 612. The van der Waals surface area contributed by atoms with E-state index in [2.05, 4.69) is 0 Å². The zero-order chi connectivity index (χ0) is 17.0. The third-order valence-electron chi connectivity index (χ3n) is 3.95. The molecule has 1 aromatic rings. The SMILES string of the molecule is CC(C)C(=O)N1CCCN(C(=O)c2cccc(C(=O)O)c2)CC1. The number of carboxylic acid groups (broad SMARTS) is 1. The number of carbonyl (C=O) groups excluding carboxylic acids is 2. The molecule has 0 spiro atoms. The highest BCUT2D eigenvalue weighted by atomic mass is 16.4. The van der Waals surface area contributed by atoms with Crippen LogP contribution in [-0.2, 0) is 4.79 Å². The van der Waals surface area contributed by atoms with Gasteiger partial charge in [-0.05, 0) is 24.6 Å². The normalized spacial score (nSPS) is 15.4. The van der Waals surface area contributed by atoms with Crippen LogP contribution in [0.1, 0.15) is 41.0 Å². The summed E-state index contributed by atoms with van der Waals surface area (Å²) in [5.41, 5.74) is 0.468. The van der Waals surface area contributed by atoms with Crippen LogP contribution < -0.4 is 0 Å². The molecule has 1 aromatic carbocycles. The number of benzene rings is 1. The van der Waals surface area contributed by atoms with Gasteiger partial charge in [-0.25, -0.2) is 4.79 Å². The minimum absolute atomic E-state index is 0.0514. The summed E-state index contributed by atoms with van der Waals surface area (Å²) in [6.07, 6.45) is 0.725. The Morgan fingerprint density at radius 2 is 1.61 bits per heavy atom. The summed E-state index contributed by atoms with van der Waals surface area (Å²) in [4.78, 5) is 39.1. The highest BCUT2D eigenvalue weighted by molar-refractivity contribution is 5.97. The quantitative estimate of drug-likeness (QED) is 0.920. The number of amides is 2. The molecule has 0 atom stereocenters. The highest BCUT2D eigenvalue weighted by Crippen LogP contribution is 2.13. The molecule has 1 aliphatic heterocycles. The molecule has 0 aliphatic carbocycles. The van der Waals surface area contributed by atoms with E-state index in [-0.39, 0.29) is 23.3 Å². The Labute approximate surface area is 135 Å². The minimum Gasteiger partial charge on any atom is -0.478 e. The van der Waals surface area contributed by atoms with Gasteiger partial charge in [0.05, 0.1) is 5.56 Å². The number of rotatable bonds is 3. The zero-order valence-corrected chi connectivity index (χ0v) is 13.5. The summed E-state index contributed by atoms with van der Waals surface area (Å²) in [5, 5.41) is 9.03. The average molecular weight is 318 g/mol. The van der Waals surface area contributed by atoms with Crippen molar-refractivity contribution in [2.45, 2.75) is 20.3 Å². The smallest absolute Gasteiger partial charge is 0.335 e. The molecule has 0 bridgehead atoms. The fourth-order valence-electron chi connectivity index (χ4n) is 2.67. The van der Waals surface area contributed by atoms with Gasteiger partial charge in [0.15, 0.2) is 0 Å². The first-order chi connectivity index (χ1) is 10.9. The van der Waals surface area contributed by atoms with Gasteiger partial charge in [-0.2, -0.15) is 0 Å². The molecule has 1 fully saturated rings. The Kier molecular flexibility index (Phi) is 5.36. The van der Waals surface area contributed by atoms with E-state index in [1.807, 2.05) is 13.8 Å². The van der Waals surface area contributed by atoms with Gasteiger partial charge in [0, 0.05) is 37.7 Å². The Hall–Kier alpha value is -2.37. The van der Waals surface area contributed by atoms with Gasteiger partial charge in [-0.3, -0.25) is 9.59 Å². The Morgan fingerprint density at radius 1 is 1.00 bits per heavy atom. The molecule has 6 nitrogen and oxygen atoms in total. The molecule has 2 rings (SSSR count). The summed E-state index contributed by atoms with van der Waals surface area (Å²) >= 11 is 0. The summed E-state index contributed by atoms with van der Waals surface area (Å²) in [7, 11) is 0. The van der Waals surface area contributed by atoms with Crippen LogP contribution in [0.5, 0.6) is 0 Å². The molecule has 1 saturated heterocycles. The van der Waals surface area contributed by atoms with Crippen LogP contribution in [-0.4, -0.2) is 58.9 Å². The monoisotopic (exact) mass is 318 g/mol. The van der Waals surface area contributed by atoms with Crippen molar-refractivity contribution < 1.29 is 19.5 Å². The summed E-state index contributed by atoms with van der Waals surface area (Å²) in [5.74, 6) is -1.19. The standard InChI is InChI=1S/C17H22N2O4/c1-12(2)15(20)18-7-4-8-19(10-9-18)16(21)13-5-3-6-14(11-13)17(22)23/h3,5-6,11-12H,4,7-10H2,1-2H3,(H,22,23). The van der Waals surface area contributed by atoms with Crippen molar-refractivity contribution in [3.8, 4) is 0 Å². The molecule has 0 unspecified atom stereocenters. The molecule has 1 heterocycles. The third kappa shape index (κ3) is 4.09. The second-order valence-corrected chi connectivity index (χ2v) is 6.01. The lowest BCUT2D eigenvalue weighted by Crippen LogP contribution is -2.39. The van der Waals surface area contributed by atoms with Gasteiger partial charge in [0.25, 0.3) is 5.91 Å². The molecule has 1 N–H and O–H groups in total. The van der Waals surface area contributed by atoms with Crippen molar-refractivity contribution in [1.29, 1.82) is 0 Å². The van der Waals surface area contributed by atoms with E-state index in [4.69, 9.17) is 5.11 Å². The first-order valence-corrected chi connectivity index (χ1v) is 7.81. The molecule has 6 heteroatoms. The van der Waals surface area contributed by atoms with Gasteiger partial charge in [0.1, 0.15) is 0 Å². The molecule has 0 aromatic heterocycles. The highest BCUT2D eigenvalue weighted by Gasteiger charge is 2.24. The first kappa shape index (κ1) is 17.0. The number of carbonyl (C=O) groups is 3. The number of nitrogens with zero attached hydrogens (tertiary/aromatic N) is 2. The van der Waals surface area contributed by atoms with Gasteiger partial charge in [0.2, 0.25) is 5.91 Å². The minimum atomic E-state index is -1.05. The fourth-order valence-corrected chi connectivity index (χ4v) is 2.67. The van der Waals surface area contributed by atoms with Gasteiger partial charge >= 0.3 is 5.97 Å². The summed E-state index contributed by atoms with van der Waals surface area (Å²) in [6, 6.07) is 6.05. The van der Waals surface area contributed by atoms with E-state index in [9.17, 15) is 14.4 Å². The van der Waals surface area contributed by atoms with E-state index in [0.29, 0.717) is 31.7 Å². The largest absolute Gasteiger partial charge is 0.478 e. The van der Waals surface area contributed by atoms with Gasteiger partial charge < -0.3 is 14.9 Å². The lowest BCUT2D eigenvalue weighted by atomic mass is 10.1. The van der Waals surface area contributed by atoms with E-state index in [1.54, 1.807) is 21.9 Å².